The SMILES string of the molecule is CCCCCNC(=O)C1CCN(CC(=O)Nc2cccc(S(=O)(=O)N(CC)CC)c2)CC1. The molecule has 0 saturated carbocycles. The Bertz CT molecular complexity index is 847. The van der Waals surface area contributed by atoms with E-state index in [1.807, 2.05) is 4.90 Å². The first kappa shape index (κ1) is 26.3. The molecular weight excluding hydrogens is 428 g/mol. The molecule has 2 N–H and O–H groups in total. The molecule has 0 radical (unpaired) electrons. The normalized spacial score (nSPS) is 15.6. The summed E-state index contributed by atoms with van der Waals surface area (Å²) in [4.78, 5) is 27.0. The Balaban J connectivity index is 1.83. The third kappa shape index (κ3) is 7.56. The molecule has 1 heterocycles. The van der Waals surface area contributed by atoms with Crippen LogP contribution in [0.2, 0.25) is 0 Å². The minimum Gasteiger partial charge on any atom is -0.356 e. The number of nitrogens with zero attached hydrogens (tertiary/aromatic N) is 2. The van der Waals surface area contributed by atoms with E-state index in [0.29, 0.717) is 31.9 Å². The zero-order valence-corrected chi connectivity index (χ0v) is 20.4. The number of likely N-dealkylation sites (tertiary alicyclic amines) is 1. The number of sulfonamides is 1. The molecule has 0 aliphatic carbocycles. The summed E-state index contributed by atoms with van der Waals surface area (Å²) in [6.45, 7) is 8.85. The lowest BCUT2D eigenvalue weighted by Crippen LogP contribution is -2.43. The van der Waals surface area contributed by atoms with E-state index in [-0.39, 0.29) is 29.2 Å². The first-order chi connectivity index (χ1) is 15.3. The topological polar surface area (TPSA) is 98.8 Å². The lowest BCUT2D eigenvalue weighted by Gasteiger charge is -2.30. The van der Waals surface area contributed by atoms with Crippen LogP contribution in [0.1, 0.15) is 52.9 Å². The van der Waals surface area contributed by atoms with Gasteiger partial charge >= 0.3 is 0 Å². The molecule has 180 valence electrons. The lowest BCUT2D eigenvalue weighted by molar-refractivity contribution is -0.126. The minimum absolute atomic E-state index is 0.0119. The summed E-state index contributed by atoms with van der Waals surface area (Å²) in [7, 11) is -3.58. The van der Waals surface area contributed by atoms with Crippen LogP contribution >= 0.6 is 0 Å². The predicted octanol–water partition coefficient (Wildman–Crippen LogP) is 2.67. The van der Waals surface area contributed by atoms with Crippen molar-refractivity contribution in [1.82, 2.24) is 14.5 Å². The number of carbonyl (C=O) groups is 2. The highest BCUT2D eigenvalue weighted by molar-refractivity contribution is 7.89. The third-order valence-corrected chi connectivity index (χ3v) is 7.91. The van der Waals surface area contributed by atoms with Crippen LogP contribution < -0.4 is 10.6 Å². The Hall–Kier alpha value is -1.97. The number of hydrogen-bond donors (Lipinski definition) is 2. The fourth-order valence-corrected chi connectivity index (χ4v) is 5.44. The zero-order valence-electron chi connectivity index (χ0n) is 19.6. The summed E-state index contributed by atoms with van der Waals surface area (Å²) in [6, 6.07) is 6.37. The first-order valence-electron chi connectivity index (χ1n) is 11.7. The van der Waals surface area contributed by atoms with Crippen LogP contribution in [0, 0.1) is 5.92 Å². The monoisotopic (exact) mass is 466 g/mol. The largest absolute Gasteiger partial charge is 0.356 e. The highest BCUT2D eigenvalue weighted by atomic mass is 32.2. The quantitative estimate of drug-likeness (QED) is 0.462. The fraction of sp³-hybridized carbons (Fsp3) is 0.652. The maximum atomic E-state index is 12.7. The second-order valence-electron chi connectivity index (χ2n) is 8.21. The highest BCUT2D eigenvalue weighted by Gasteiger charge is 2.26. The van der Waals surface area contributed by atoms with Crippen molar-refractivity contribution in [3.8, 4) is 0 Å². The third-order valence-electron chi connectivity index (χ3n) is 5.87. The Morgan fingerprint density at radius 1 is 1.09 bits per heavy atom. The van der Waals surface area contributed by atoms with Crippen molar-refractivity contribution in [3.63, 3.8) is 0 Å². The second kappa shape index (κ2) is 12.9. The van der Waals surface area contributed by atoms with Crippen molar-refractivity contribution in [2.75, 3.05) is 44.6 Å². The molecule has 1 aliphatic heterocycles. The van der Waals surface area contributed by atoms with E-state index in [1.165, 1.54) is 10.4 Å². The lowest BCUT2D eigenvalue weighted by atomic mass is 9.96. The van der Waals surface area contributed by atoms with Crippen LogP contribution in [-0.4, -0.2) is 68.7 Å². The number of piperidine rings is 1. The number of anilines is 1. The van der Waals surface area contributed by atoms with Crippen molar-refractivity contribution < 1.29 is 18.0 Å². The molecule has 1 fully saturated rings. The second-order valence-corrected chi connectivity index (χ2v) is 10.2. The molecule has 8 nitrogen and oxygen atoms in total. The van der Waals surface area contributed by atoms with Crippen LogP contribution in [0.5, 0.6) is 0 Å². The van der Waals surface area contributed by atoms with Crippen LogP contribution in [0.15, 0.2) is 29.2 Å². The van der Waals surface area contributed by atoms with Gasteiger partial charge < -0.3 is 10.6 Å². The van der Waals surface area contributed by atoms with E-state index in [9.17, 15) is 18.0 Å². The summed E-state index contributed by atoms with van der Waals surface area (Å²) in [6.07, 6.45) is 4.75. The summed E-state index contributed by atoms with van der Waals surface area (Å²) >= 11 is 0. The van der Waals surface area contributed by atoms with Gasteiger partial charge in [0, 0.05) is 31.2 Å². The van der Waals surface area contributed by atoms with Gasteiger partial charge in [0.25, 0.3) is 0 Å². The van der Waals surface area contributed by atoms with E-state index >= 15 is 0 Å². The number of carbonyl (C=O) groups excluding carboxylic acids is 2. The highest BCUT2D eigenvalue weighted by Crippen LogP contribution is 2.20. The molecule has 9 heteroatoms. The summed E-state index contributed by atoms with van der Waals surface area (Å²) < 4.78 is 26.8. The zero-order chi connectivity index (χ0) is 23.6. The minimum atomic E-state index is -3.58. The Morgan fingerprint density at radius 2 is 1.78 bits per heavy atom. The van der Waals surface area contributed by atoms with Crippen LogP contribution in [0.3, 0.4) is 0 Å². The fourth-order valence-electron chi connectivity index (χ4n) is 3.93. The van der Waals surface area contributed by atoms with Crippen molar-refractivity contribution in [2.24, 2.45) is 5.92 Å². The van der Waals surface area contributed by atoms with Crippen molar-refractivity contribution in [1.29, 1.82) is 0 Å². The van der Waals surface area contributed by atoms with Gasteiger partial charge in [-0.15, -0.1) is 0 Å². The molecule has 0 atom stereocenters. The number of nitrogens with one attached hydrogen (secondary N) is 2. The van der Waals surface area contributed by atoms with Gasteiger partial charge in [0.15, 0.2) is 0 Å². The summed E-state index contributed by atoms with van der Waals surface area (Å²) in [5.41, 5.74) is 0.463. The number of amides is 2. The molecule has 0 spiro atoms. The molecule has 0 aromatic heterocycles. The van der Waals surface area contributed by atoms with Gasteiger partial charge in [0.05, 0.1) is 11.4 Å². The molecule has 1 aliphatic rings. The van der Waals surface area contributed by atoms with Gasteiger partial charge in [-0.25, -0.2) is 8.42 Å². The smallest absolute Gasteiger partial charge is 0.243 e. The van der Waals surface area contributed by atoms with Crippen molar-refractivity contribution in [2.45, 2.75) is 57.8 Å². The molecule has 1 aromatic carbocycles. The molecule has 32 heavy (non-hydrogen) atoms. The first-order valence-corrected chi connectivity index (χ1v) is 13.2. The number of benzene rings is 1. The van der Waals surface area contributed by atoms with Gasteiger partial charge in [-0.1, -0.05) is 39.7 Å². The number of unbranched alkanes of at least 4 members (excludes halogenated alkanes) is 2. The van der Waals surface area contributed by atoms with Gasteiger partial charge in [0.1, 0.15) is 0 Å². The van der Waals surface area contributed by atoms with E-state index in [1.54, 1.807) is 32.0 Å². The molecule has 2 amide bonds. The molecule has 1 aromatic rings. The number of rotatable bonds is 12. The number of hydrogen-bond acceptors (Lipinski definition) is 5. The summed E-state index contributed by atoms with van der Waals surface area (Å²) in [5.74, 6) is -0.0563. The Labute approximate surface area is 192 Å². The Morgan fingerprint density at radius 3 is 2.41 bits per heavy atom. The van der Waals surface area contributed by atoms with Crippen molar-refractivity contribution in [3.05, 3.63) is 24.3 Å². The van der Waals surface area contributed by atoms with Gasteiger partial charge in [-0.05, 0) is 50.6 Å². The van der Waals surface area contributed by atoms with Crippen LogP contribution in [0.4, 0.5) is 5.69 Å². The van der Waals surface area contributed by atoms with Crippen LogP contribution in [0.25, 0.3) is 0 Å². The predicted molar refractivity (Wildman–Crippen MR) is 127 cm³/mol. The average Bonchev–Trinajstić information content (AvgIpc) is 2.78. The molecule has 1 saturated heterocycles. The molecule has 0 bridgehead atoms. The van der Waals surface area contributed by atoms with E-state index in [4.69, 9.17) is 0 Å². The molecule has 2 rings (SSSR count). The van der Waals surface area contributed by atoms with Gasteiger partial charge in [-0.3, -0.25) is 14.5 Å². The maximum absolute atomic E-state index is 12.7. The molecular formula is C23H38N4O4S. The molecule has 0 unspecified atom stereocenters. The maximum Gasteiger partial charge on any atom is 0.243 e. The van der Waals surface area contributed by atoms with Crippen molar-refractivity contribution >= 4 is 27.5 Å². The standard InChI is InChI=1S/C23H38N4O4S/c1-4-7-8-14-24-23(29)19-12-15-26(16-13-19)18-22(28)25-20-10-9-11-21(17-20)32(30,31)27(5-2)6-3/h9-11,17,19H,4-8,12-16,18H2,1-3H3,(H,24,29)(H,25,28). The van der Waals surface area contributed by atoms with E-state index in [2.05, 4.69) is 17.6 Å². The van der Waals surface area contributed by atoms with Gasteiger partial charge in [0.2, 0.25) is 21.8 Å². The summed E-state index contributed by atoms with van der Waals surface area (Å²) in [5, 5.41) is 5.83. The van der Waals surface area contributed by atoms with E-state index < -0.39 is 10.0 Å². The average molecular weight is 467 g/mol. The van der Waals surface area contributed by atoms with E-state index in [0.717, 1.165) is 38.6 Å². The Kier molecular flexibility index (Phi) is 10.6. The van der Waals surface area contributed by atoms with Crippen LogP contribution in [-0.2, 0) is 19.6 Å². The van der Waals surface area contributed by atoms with Gasteiger partial charge in [-0.2, -0.15) is 4.31 Å².